The number of piperazine rings is 1. The number of anilines is 2. The van der Waals surface area contributed by atoms with Crippen molar-refractivity contribution in [3.63, 3.8) is 0 Å². The highest BCUT2D eigenvalue weighted by Crippen LogP contribution is 2.21. The number of carbonyl (C=O) groups is 2. The number of hydrogen-bond donors (Lipinski definition) is 1. The van der Waals surface area contributed by atoms with Gasteiger partial charge in [0.1, 0.15) is 11.6 Å². The molecule has 1 aliphatic rings. The fourth-order valence-corrected chi connectivity index (χ4v) is 3.97. The van der Waals surface area contributed by atoms with Crippen LogP contribution in [0.4, 0.5) is 15.8 Å². The maximum absolute atomic E-state index is 14.0. The summed E-state index contributed by atoms with van der Waals surface area (Å²) < 4.78 is 19.6. The Bertz CT molecular complexity index is 1140. The van der Waals surface area contributed by atoms with E-state index < -0.39 is 5.82 Å². The molecule has 0 bridgehead atoms. The molecular weight excluding hydrogens is 445 g/mol. The van der Waals surface area contributed by atoms with Crippen molar-refractivity contribution in [1.29, 1.82) is 0 Å². The Labute approximate surface area is 205 Å². The van der Waals surface area contributed by atoms with E-state index in [1.54, 1.807) is 29.2 Å². The molecule has 35 heavy (non-hydrogen) atoms. The van der Waals surface area contributed by atoms with Gasteiger partial charge < -0.3 is 19.9 Å². The van der Waals surface area contributed by atoms with Crippen LogP contribution in [0.5, 0.6) is 5.75 Å². The van der Waals surface area contributed by atoms with Gasteiger partial charge in [-0.1, -0.05) is 25.5 Å². The molecule has 0 spiro atoms. The molecule has 3 aromatic carbocycles. The first-order chi connectivity index (χ1) is 17.0. The number of benzene rings is 3. The van der Waals surface area contributed by atoms with E-state index in [1.165, 1.54) is 12.1 Å². The first kappa shape index (κ1) is 24.3. The Kier molecular flexibility index (Phi) is 7.98. The topological polar surface area (TPSA) is 61.9 Å². The number of halogens is 1. The third-order valence-corrected chi connectivity index (χ3v) is 6.04. The molecule has 7 heteroatoms. The number of rotatable bonds is 8. The van der Waals surface area contributed by atoms with Gasteiger partial charge in [0.15, 0.2) is 0 Å². The predicted octanol–water partition coefficient (Wildman–Crippen LogP) is 5.22. The highest BCUT2D eigenvalue weighted by Gasteiger charge is 2.24. The second-order valence-corrected chi connectivity index (χ2v) is 8.49. The summed E-state index contributed by atoms with van der Waals surface area (Å²) in [5.74, 6) is -0.191. The highest BCUT2D eigenvalue weighted by molar-refractivity contribution is 6.04. The molecule has 1 heterocycles. The highest BCUT2D eigenvalue weighted by atomic mass is 19.1. The predicted molar refractivity (Wildman–Crippen MR) is 136 cm³/mol. The number of hydrogen-bond acceptors (Lipinski definition) is 4. The molecule has 4 rings (SSSR count). The largest absolute Gasteiger partial charge is 0.494 e. The first-order valence-electron chi connectivity index (χ1n) is 12.0. The van der Waals surface area contributed by atoms with Gasteiger partial charge in [0.05, 0.1) is 12.2 Å². The van der Waals surface area contributed by atoms with Crippen LogP contribution >= 0.6 is 0 Å². The molecular formula is C28H30FN3O3. The minimum Gasteiger partial charge on any atom is -0.494 e. The molecule has 6 nitrogen and oxygen atoms in total. The quantitative estimate of drug-likeness (QED) is 0.454. The standard InChI is InChI=1S/C28H30FN3O3/c1-2-3-20-35-24-14-8-21(9-15-24)27(33)30-22-10-12-23(13-11-22)31-16-18-32(19-17-31)28(34)25-6-4-5-7-26(25)29/h4-15H,2-3,16-20H2,1H3,(H,30,33). The fourth-order valence-electron chi connectivity index (χ4n) is 3.97. The second-order valence-electron chi connectivity index (χ2n) is 8.49. The van der Waals surface area contributed by atoms with Gasteiger partial charge in [-0.2, -0.15) is 0 Å². The molecule has 1 aliphatic heterocycles. The molecule has 3 aromatic rings. The maximum atomic E-state index is 14.0. The number of nitrogens with one attached hydrogen (secondary N) is 1. The van der Waals surface area contributed by atoms with Crippen LogP contribution in [0.2, 0.25) is 0 Å². The number of ether oxygens (including phenoxy) is 1. The van der Waals surface area contributed by atoms with Gasteiger partial charge >= 0.3 is 0 Å². The molecule has 0 saturated carbocycles. The van der Waals surface area contributed by atoms with Crippen molar-refractivity contribution in [2.45, 2.75) is 19.8 Å². The summed E-state index contributed by atoms with van der Waals surface area (Å²) >= 11 is 0. The van der Waals surface area contributed by atoms with E-state index in [9.17, 15) is 14.0 Å². The molecule has 0 radical (unpaired) electrons. The summed E-state index contributed by atoms with van der Waals surface area (Å²) in [5.41, 5.74) is 2.39. The van der Waals surface area contributed by atoms with Gasteiger partial charge in [-0.25, -0.2) is 4.39 Å². The summed E-state index contributed by atoms with van der Waals surface area (Å²) in [6.45, 7) is 5.12. The fraction of sp³-hybridized carbons (Fsp3) is 0.286. The summed E-state index contributed by atoms with van der Waals surface area (Å²) in [7, 11) is 0. The normalized spacial score (nSPS) is 13.4. The number of unbranched alkanes of at least 4 members (excludes halogenated alkanes) is 1. The van der Waals surface area contributed by atoms with Gasteiger partial charge in [0.25, 0.3) is 11.8 Å². The third kappa shape index (κ3) is 6.18. The first-order valence-corrected chi connectivity index (χ1v) is 12.0. The van der Waals surface area contributed by atoms with Crippen LogP contribution in [-0.4, -0.2) is 49.5 Å². The molecule has 0 atom stereocenters. The van der Waals surface area contributed by atoms with E-state index in [2.05, 4.69) is 17.1 Å². The molecule has 1 saturated heterocycles. The van der Waals surface area contributed by atoms with Gasteiger partial charge in [-0.15, -0.1) is 0 Å². The monoisotopic (exact) mass is 475 g/mol. The summed E-state index contributed by atoms with van der Waals surface area (Å²) in [5, 5.41) is 2.92. The van der Waals surface area contributed by atoms with Crippen LogP contribution in [-0.2, 0) is 0 Å². The zero-order chi connectivity index (χ0) is 24.6. The van der Waals surface area contributed by atoms with Crippen molar-refractivity contribution in [3.05, 3.63) is 89.7 Å². The Balaban J connectivity index is 1.29. The van der Waals surface area contributed by atoms with Crippen LogP contribution in [0.1, 0.15) is 40.5 Å². The van der Waals surface area contributed by atoms with E-state index in [1.807, 2.05) is 36.4 Å². The van der Waals surface area contributed by atoms with E-state index in [0.717, 1.165) is 24.3 Å². The molecule has 0 aliphatic carbocycles. The Morgan fingerprint density at radius 3 is 2.26 bits per heavy atom. The summed E-state index contributed by atoms with van der Waals surface area (Å²) in [6, 6.07) is 20.9. The van der Waals surface area contributed by atoms with Crippen LogP contribution in [0.15, 0.2) is 72.8 Å². The van der Waals surface area contributed by atoms with Crippen molar-refractivity contribution in [2.75, 3.05) is 43.0 Å². The number of carbonyl (C=O) groups excluding carboxylic acids is 2. The lowest BCUT2D eigenvalue weighted by atomic mass is 10.1. The molecule has 0 aromatic heterocycles. The van der Waals surface area contributed by atoms with Gasteiger partial charge in [0, 0.05) is 43.1 Å². The van der Waals surface area contributed by atoms with Gasteiger partial charge in [-0.3, -0.25) is 9.59 Å². The third-order valence-electron chi connectivity index (χ3n) is 6.04. The average molecular weight is 476 g/mol. The number of amides is 2. The van der Waals surface area contributed by atoms with Crippen molar-refractivity contribution in [2.24, 2.45) is 0 Å². The maximum Gasteiger partial charge on any atom is 0.256 e. The van der Waals surface area contributed by atoms with Crippen LogP contribution < -0.4 is 15.0 Å². The lowest BCUT2D eigenvalue weighted by Gasteiger charge is -2.36. The Hall–Kier alpha value is -3.87. The molecule has 0 unspecified atom stereocenters. The molecule has 2 amide bonds. The van der Waals surface area contributed by atoms with Crippen LogP contribution in [0, 0.1) is 5.82 Å². The van der Waals surface area contributed by atoms with E-state index in [0.29, 0.717) is 44.0 Å². The molecule has 1 N–H and O–H groups in total. The van der Waals surface area contributed by atoms with Crippen molar-refractivity contribution >= 4 is 23.2 Å². The van der Waals surface area contributed by atoms with Crippen molar-refractivity contribution < 1.29 is 18.7 Å². The van der Waals surface area contributed by atoms with E-state index in [4.69, 9.17) is 4.74 Å². The minimum atomic E-state index is -0.492. The van der Waals surface area contributed by atoms with Crippen LogP contribution in [0.25, 0.3) is 0 Å². The average Bonchev–Trinajstić information content (AvgIpc) is 2.90. The lowest BCUT2D eigenvalue weighted by Crippen LogP contribution is -2.49. The second kappa shape index (κ2) is 11.5. The van der Waals surface area contributed by atoms with Gasteiger partial charge in [0.2, 0.25) is 0 Å². The summed E-state index contributed by atoms with van der Waals surface area (Å²) in [6.07, 6.45) is 2.07. The number of nitrogens with zero attached hydrogens (tertiary/aromatic N) is 2. The van der Waals surface area contributed by atoms with E-state index >= 15 is 0 Å². The van der Waals surface area contributed by atoms with E-state index in [-0.39, 0.29) is 17.4 Å². The van der Waals surface area contributed by atoms with Crippen molar-refractivity contribution in [1.82, 2.24) is 4.90 Å². The zero-order valence-corrected chi connectivity index (χ0v) is 19.9. The van der Waals surface area contributed by atoms with Crippen molar-refractivity contribution in [3.8, 4) is 5.75 Å². The molecule has 182 valence electrons. The summed E-state index contributed by atoms with van der Waals surface area (Å²) in [4.78, 5) is 29.1. The molecule has 1 fully saturated rings. The van der Waals surface area contributed by atoms with Crippen LogP contribution in [0.3, 0.4) is 0 Å². The minimum absolute atomic E-state index is 0.111. The smallest absolute Gasteiger partial charge is 0.256 e. The van der Waals surface area contributed by atoms with Gasteiger partial charge in [-0.05, 0) is 67.1 Å². The Morgan fingerprint density at radius 1 is 0.914 bits per heavy atom. The zero-order valence-electron chi connectivity index (χ0n) is 19.9. The SMILES string of the molecule is CCCCOc1ccc(C(=O)Nc2ccc(N3CCN(C(=O)c4ccccc4F)CC3)cc2)cc1. The lowest BCUT2D eigenvalue weighted by molar-refractivity contribution is 0.0742. The Morgan fingerprint density at radius 2 is 1.60 bits per heavy atom.